The van der Waals surface area contributed by atoms with Crippen molar-refractivity contribution in [3.63, 3.8) is 0 Å². The molecule has 0 bridgehead atoms. The van der Waals surface area contributed by atoms with Crippen LogP contribution in [0.5, 0.6) is 0 Å². The Bertz CT molecular complexity index is 834. The third-order valence-electron chi connectivity index (χ3n) is 3.24. The number of hydrogen-bond acceptors (Lipinski definition) is 6. The fraction of sp³-hybridized carbons (Fsp3) is 0.250. The number of thioether (sulfide) groups is 1. The van der Waals surface area contributed by atoms with Gasteiger partial charge in [-0.05, 0) is 25.5 Å². The first kappa shape index (κ1) is 15.9. The Balaban J connectivity index is 1.66. The summed E-state index contributed by atoms with van der Waals surface area (Å²) >= 11 is 2.84. The van der Waals surface area contributed by atoms with Gasteiger partial charge in [0.15, 0.2) is 0 Å². The summed E-state index contributed by atoms with van der Waals surface area (Å²) in [5.74, 6) is -0.0937. The lowest BCUT2D eigenvalue weighted by molar-refractivity contribution is -0.115. The SMILES string of the molecule is CCc1nnc(NC(=O)C(C)Sc2ccc3ccccc3n2)s1. The van der Waals surface area contributed by atoms with Gasteiger partial charge < -0.3 is 0 Å². The summed E-state index contributed by atoms with van der Waals surface area (Å²) in [6, 6.07) is 11.9. The van der Waals surface area contributed by atoms with Crippen LogP contribution in [0.25, 0.3) is 10.9 Å². The number of benzene rings is 1. The van der Waals surface area contributed by atoms with Gasteiger partial charge in [-0.15, -0.1) is 10.2 Å². The quantitative estimate of drug-likeness (QED) is 0.714. The molecule has 1 aromatic carbocycles. The van der Waals surface area contributed by atoms with E-state index in [0.29, 0.717) is 5.13 Å². The number of anilines is 1. The zero-order valence-electron chi connectivity index (χ0n) is 12.8. The molecule has 1 unspecified atom stereocenters. The number of nitrogens with one attached hydrogen (secondary N) is 1. The van der Waals surface area contributed by atoms with Crippen molar-refractivity contribution in [2.45, 2.75) is 30.5 Å². The molecule has 0 aliphatic carbocycles. The number of aromatic nitrogens is 3. The highest BCUT2D eigenvalue weighted by Crippen LogP contribution is 2.25. The Morgan fingerprint density at radius 3 is 2.87 bits per heavy atom. The highest BCUT2D eigenvalue weighted by Gasteiger charge is 2.17. The van der Waals surface area contributed by atoms with Crippen molar-refractivity contribution in [3.05, 3.63) is 41.4 Å². The van der Waals surface area contributed by atoms with Crippen LogP contribution in [0.4, 0.5) is 5.13 Å². The minimum atomic E-state index is -0.266. The molecular formula is C16H16N4OS2. The predicted molar refractivity (Wildman–Crippen MR) is 95.0 cm³/mol. The monoisotopic (exact) mass is 344 g/mol. The summed E-state index contributed by atoms with van der Waals surface area (Å²) in [7, 11) is 0. The second kappa shape index (κ2) is 7.06. The molecule has 0 saturated heterocycles. The summed E-state index contributed by atoms with van der Waals surface area (Å²) < 4.78 is 0. The molecule has 3 aromatic rings. The molecule has 7 heteroatoms. The van der Waals surface area contributed by atoms with Crippen LogP contribution in [-0.4, -0.2) is 26.3 Å². The van der Waals surface area contributed by atoms with Gasteiger partial charge in [0.1, 0.15) is 5.01 Å². The van der Waals surface area contributed by atoms with E-state index in [1.807, 2.05) is 50.2 Å². The van der Waals surface area contributed by atoms with Crippen molar-refractivity contribution in [2.24, 2.45) is 0 Å². The molecule has 2 aromatic heterocycles. The van der Waals surface area contributed by atoms with Crippen LogP contribution in [0.3, 0.4) is 0 Å². The molecule has 1 atom stereocenters. The molecule has 3 rings (SSSR count). The van der Waals surface area contributed by atoms with E-state index in [-0.39, 0.29) is 11.2 Å². The van der Waals surface area contributed by atoms with Crippen molar-refractivity contribution >= 4 is 45.0 Å². The number of carbonyl (C=O) groups excluding carboxylic acids is 1. The van der Waals surface area contributed by atoms with E-state index in [9.17, 15) is 4.79 Å². The van der Waals surface area contributed by atoms with E-state index in [0.717, 1.165) is 27.4 Å². The highest BCUT2D eigenvalue weighted by atomic mass is 32.2. The summed E-state index contributed by atoms with van der Waals surface area (Å²) in [6.45, 7) is 3.87. The van der Waals surface area contributed by atoms with Crippen molar-refractivity contribution in [1.82, 2.24) is 15.2 Å². The van der Waals surface area contributed by atoms with Crippen LogP contribution < -0.4 is 5.32 Å². The molecule has 0 fully saturated rings. The van der Waals surface area contributed by atoms with Gasteiger partial charge in [-0.1, -0.05) is 54.3 Å². The molecule has 1 amide bonds. The Morgan fingerprint density at radius 2 is 2.09 bits per heavy atom. The number of fused-ring (bicyclic) bond motifs is 1. The number of pyridine rings is 1. The molecule has 0 radical (unpaired) electrons. The normalized spacial score (nSPS) is 12.3. The van der Waals surface area contributed by atoms with Gasteiger partial charge in [0.2, 0.25) is 11.0 Å². The maximum Gasteiger partial charge on any atom is 0.239 e. The van der Waals surface area contributed by atoms with Crippen molar-refractivity contribution < 1.29 is 4.79 Å². The highest BCUT2D eigenvalue weighted by molar-refractivity contribution is 8.00. The van der Waals surface area contributed by atoms with Crippen LogP contribution in [0.1, 0.15) is 18.9 Å². The maximum absolute atomic E-state index is 12.3. The Labute approximate surface area is 142 Å². The van der Waals surface area contributed by atoms with Crippen LogP contribution in [0, 0.1) is 0 Å². The molecule has 0 aliphatic rings. The van der Waals surface area contributed by atoms with Crippen molar-refractivity contribution in [3.8, 4) is 0 Å². The average molecular weight is 344 g/mol. The molecule has 5 nitrogen and oxygen atoms in total. The number of rotatable bonds is 5. The van der Waals surface area contributed by atoms with Gasteiger partial charge in [-0.3, -0.25) is 10.1 Å². The lowest BCUT2D eigenvalue weighted by atomic mass is 10.2. The van der Waals surface area contributed by atoms with Gasteiger partial charge in [-0.2, -0.15) is 0 Å². The lowest BCUT2D eigenvalue weighted by Gasteiger charge is -2.10. The molecule has 0 spiro atoms. The van der Waals surface area contributed by atoms with Gasteiger partial charge in [-0.25, -0.2) is 4.98 Å². The maximum atomic E-state index is 12.3. The average Bonchev–Trinajstić information content (AvgIpc) is 3.02. The summed E-state index contributed by atoms with van der Waals surface area (Å²) in [5, 5.41) is 13.9. The van der Waals surface area contributed by atoms with Crippen LogP contribution >= 0.6 is 23.1 Å². The molecule has 23 heavy (non-hydrogen) atoms. The molecule has 118 valence electrons. The van der Waals surface area contributed by atoms with E-state index in [4.69, 9.17) is 0 Å². The Morgan fingerprint density at radius 1 is 1.26 bits per heavy atom. The fourth-order valence-electron chi connectivity index (χ4n) is 2.00. The second-order valence-corrected chi connectivity index (χ2v) is 7.37. The molecule has 1 N–H and O–H groups in total. The van der Waals surface area contributed by atoms with E-state index < -0.39 is 0 Å². The van der Waals surface area contributed by atoms with Gasteiger partial charge >= 0.3 is 0 Å². The number of nitrogens with zero attached hydrogens (tertiary/aromatic N) is 3. The molecule has 2 heterocycles. The van der Waals surface area contributed by atoms with Crippen LogP contribution in [0.15, 0.2) is 41.4 Å². The Kier molecular flexibility index (Phi) is 4.88. The molecular weight excluding hydrogens is 328 g/mol. The van der Waals surface area contributed by atoms with E-state index in [1.54, 1.807) is 0 Å². The fourth-order valence-corrected chi connectivity index (χ4v) is 3.51. The summed E-state index contributed by atoms with van der Waals surface area (Å²) in [6.07, 6.45) is 0.818. The van der Waals surface area contributed by atoms with Crippen LogP contribution in [-0.2, 0) is 11.2 Å². The number of carbonyl (C=O) groups is 1. The number of hydrogen-bond donors (Lipinski definition) is 1. The Hall–Kier alpha value is -1.99. The first-order valence-electron chi connectivity index (χ1n) is 7.31. The first-order valence-corrected chi connectivity index (χ1v) is 9.01. The number of aryl methyl sites for hydroxylation is 1. The van der Waals surface area contributed by atoms with E-state index >= 15 is 0 Å². The lowest BCUT2D eigenvalue weighted by Crippen LogP contribution is -2.22. The third kappa shape index (κ3) is 3.86. The number of amides is 1. The largest absolute Gasteiger partial charge is 0.300 e. The zero-order chi connectivity index (χ0) is 16.2. The van der Waals surface area contributed by atoms with E-state index in [2.05, 4.69) is 20.5 Å². The van der Waals surface area contributed by atoms with Gasteiger partial charge in [0.05, 0.1) is 15.8 Å². The van der Waals surface area contributed by atoms with Gasteiger partial charge in [0.25, 0.3) is 0 Å². The second-order valence-electron chi connectivity index (χ2n) is 4.95. The van der Waals surface area contributed by atoms with Crippen molar-refractivity contribution in [1.29, 1.82) is 0 Å². The topological polar surface area (TPSA) is 67.8 Å². The minimum absolute atomic E-state index is 0.0937. The first-order chi connectivity index (χ1) is 11.2. The molecule has 0 aliphatic heterocycles. The number of para-hydroxylation sites is 1. The van der Waals surface area contributed by atoms with Crippen LogP contribution in [0.2, 0.25) is 0 Å². The summed E-state index contributed by atoms with van der Waals surface area (Å²) in [5.41, 5.74) is 0.932. The molecule has 0 saturated carbocycles. The van der Waals surface area contributed by atoms with E-state index in [1.165, 1.54) is 23.1 Å². The minimum Gasteiger partial charge on any atom is -0.300 e. The van der Waals surface area contributed by atoms with Crippen molar-refractivity contribution in [2.75, 3.05) is 5.32 Å². The summed E-state index contributed by atoms with van der Waals surface area (Å²) in [4.78, 5) is 16.8. The zero-order valence-corrected chi connectivity index (χ0v) is 14.4. The van der Waals surface area contributed by atoms with Gasteiger partial charge in [0, 0.05) is 5.39 Å². The predicted octanol–water partition coefficient (Wildman–Crippen LogP) is 3.77. The smallest absolute Gasteiger partial charge is 0.239 e. The standard InChI is InChI=1S/C16H16N4OS2/c1-3-13-19-20-16(23-13)18-15(21)10(2)22-14-9-8-11-6-4-5-7-12(11)17-14/h4-10H,3H2,1-2H3,(H,18,20,21). The third-order valence-corrected chi connectivity index (χ3v) is 5.26.